The fourth-order valence-corrected chi connectivity index (χ4v) is 2.82. The first-order chi connectivity index (χ1) is 13.1. The second-order valence-corrected chi connectivity index (χ2v) is 6.43. The molecule has 5 heteroatoms. The van der Waals surface area contributed by atoms with Gasteiger partial charge in [-0.05, 0) is 36.2 Å². The van der Waals surface area contributed by atoms with E-state index in [4.69, 9.17) is 4.74 Å². The maximum atomic E-state index is 12.7. The molecule has 0 saturated carbocycles. The normalized spacial score (nSPS) is 10.3. The molecule has 1 N–H and O–H groups in total. The number of aromatic nitrogens is 1. The molecule has 0 radical (unpaired) electrons. The summed E-state index contributed by atoms with van der Waals surface area (Å²) in [6.07, 6.45) is 3.32. The largest absolute Gasteiger partial charge is 0.495 e. The number of rotatable bonds is 6. The third-order valence-corrected chi connectivity index (χ3v) is 4.29. The topological polar surface area (TPSA) is 54.5 Å². The Morgan fingerprint density at radius 3 is 2.63 bits per heavy atom. The molecule has 0 fully saturated rings. The molecule has 27 heavy (non-hydrogen) atoms. The molecule has 0 unspecified atom stereocenters. The first-order valence-electron chi connectivity index (χ1n) is 8.73. The highest BCUT2D eigenvalue weighted by Gasteiger charge is 2.12. The van der Waals surface area contributed by atoms with Crippen LogP contribution in [-0.2, 0) is 6.54 Å². The SMILES string of the molecule is COc1ccc(C)cc1NC(=O)c1cncc(N(C)Cc2ccccc2)c1. The van der Waals surface area contributed by atoms with Gasteiger partial charge in [0.1, 0.15) is 5.75 Å². The summed E-state index contributed by atoms with van der Waals surface area (Å²) in [5, 5.41) is 2.91. The maximum absolute atomic E-state index is 12.7. The van der Waals surface area contributed by atoms with E-state index in [0.717, 1.165) is 17.8 Å². The number of nitrogens with one attached hydrogen (secondary N) is 1. The first-order valence-corrected chi connectivity index (χ1v) is 8.73. The predicted octanol–water partition coefficient (Wildman–Crippen LogP) is 4.29. The van der Waals surface area contributed by atoms with E-state index in [1.54, 1.807) is 19.5 Å². The quantitative estimate of drug-likeness (QED) is 0.712. The van der Waals surface area contributed by atoms with E-state index >= 15 is 0 Å². The number of benzene rings is 2. The highest BCUT2D eigenvalue weighted by atomic mass is 16.5. The van der Waals surface area contributed by atoms with Crippen molar-refractivity contribution in [2.24, 2.45) is 0 Å². The average Bonchev–Trinajstić information content (AvgIpc) is 2.69. The van der Waals surface area contributed by atoms with Gasteiger partial charge in [0.25, 0.3) is 5.91 Å². The predicted molar refractivity (Wildman–Crippen MR) is 108 cm³/mol. The second kappa shape index (κ2) is 8.36. The van der Waals surface area contributed by atoms with Crippen molar-refractivity contribution in [1.82, 2.24) is 4.98 Å². The molecule has 2 aromatic carbocycles. The number of pyridine rings is 1. The summed E-state index contributed by atoms with van der Waals surface area (Å²) < 4.78 is 5.33. The molecule has 138 valence electrons. The van der Waals surface area contributed by atoms with E-state index < -0.39 is 0 Å². The Kier molecular flexibility index (Phi) is 5.71. The smallest absolute Gasteiger partial charge is 0.257 e. The molecule has 0 bridgehead atoms. The number of carbonyl (C=O) groups excluding carboxylic acids is 1. The standard InChI is InChI=1S/C22H23N3O2/c1-16-9-10-21(27-3)20(11-16)24-22(26)18-12-19(14-23-13-18)25(2)15-17-7-5-4-6-8-17/h4-14H,15H2,1-3H3,(H,24,26). The number of nitrogens with zero attached hydrogens (tertiary/aromatic N) is 2. The van der Waals surface area contributed by atoms with E-state index in [1.807, 2.05) is 56.4 Å². The molecule has 3 aromatic rings. The highest BCUT2D eigenvalue weighted by Crippen LogP contribution is 2.26. The summed E-state index contributed by atoms with van der Waals surface area (Å²) in [7, 11) is 3.57. The Morgan fingerprint density at radius 2 is 1.89 bits per heavy atom. The van der Waals surface area contributed by atoms with Gasteiger partial charge in [0, 0.05) is 19.8 Å². The highest BCUT2D eigenvalue weighted by molar-refractivity contribution is 6.05. The van der Waals surface area contributed by atoms with Gasteiger partial charge in [0.2, 0.25) is 0 Å². The van der Waals surface area contributed by atoms with Gasteiger partial charge in [-0.3, -0.25) is 9.78 Å². The van der Waals surface area contributed by atoms with Crippen LogP contribution >= 0.6 is 0 Å². The lowest BCUT2D eigenvalue weighted by molar-refractivity contribution is 0.102. The van der Waals surface area contributed by atoms with Gasteiger partial charge in [-0.25, -0.2) is 0 Å². The van der Waals surface area contributed by atoms with Crippen molar-refractivity contribution in [2.45, 2.75) is 13.5 Å². The summed E-state index contributed by atoms with van der Waals surface area (Å²) in [6.45, 7) is 2.70. The van der Waals surface area contributed by atoms with Crippen molar-refractivity contribution in [3.63, 3.8) is 0 Å². The van der Waals surface area contributed by atoms with Crippen LogP contribution in [0.2, 0.25) is 0 Å². The molecule has 0 atom stereocenters. The first kappa shape index (κ1) is 18.5. The summed E-state index contributed by atoms with van der Waals surface area (Å²) in [4.78, 5) is 19.0. The van der Waals surface area contributed by atoms with E-state index in [2.05, 4.69) is 27.3 Å². The molecule has 0 saturated heterocycles. The molecule has 1 heterocycles. The number of methoxy groups -OCH3 is 1. The third kappa shape index (κ3) is 4.64. The Labute approximate surface area is 159 Å². The monoisotopic (exact) mass is 361 g/mol. The van der Waals surface area contributed by atoms with Gasteiger partial charge in [0.05, 0.1) is 30.2 Å². The molecule has 3 rings (SSSR count). The minimum Gasteiger partial charge on any atom is -0.495 e. The van der Waals surface area contributed by atoms with Crippen molar-refractivity contribution < 1.29 is 9.53 Å². The molecule has 0 aliphatic heterocycles. The van der Waals surface area contributed by atoms with Crippen LogP contribution in [0.1, 0.15) is 21.5 Å². The van der Waals surface area contributed by atoms with Gasteiger partial charge in [-0.15, -0.1) is 0 Å². The van der Waals surface area contributed by atoms with E-state index in [-0.39, 0.29) is 5.91 Å². The van der Waals surface area contributed by atoms with Crippen molar-refractivity contribution in [1.29, 1.82) is 0 Å². The van der Waals surface area contributed by atoms with Crippen LogP contribution < -0.4 is 15.0 Å². The van der Waals surface area contributed by atoms with Crippen LogP contribution in [0.25, 0.3) is 0 Å². The zero-order valence-electron chi connectivity index (χ0n) is 15.8. The molecule has 1 aromatic heterocycles. The van der Waals surface area contributed by atoms with Crippen LogP contribution in [0, 0.1) is 6.92 Å². The zero-order chi connectivity index (χ0) is 19.2. The molecule has 0 spiro atoms. The third-order valence-electron chi connectivity index (χ3n) is 4.29. The number of anilines is 2. The number of amides is 1. The van der Waals surface area contributed by atoms with Crippen LogP contribution in [0.15, 0.2) is 67.0 Å². The van der Waals surface area contributed by atoms with Gasteiger partial charge < -0.3 is 15.0 Å². The maximum Gasteiger partial charge on any atom is 0.257 e. The fraction of sp³-hybridized carbons (Fsp3) is 0.182. The van der Waals surface area contributed by atoms with Gasteiger partial charge in [-0.2, -0.15) is 0 Å². The molecule has 0 aliphatic rings. The van der Waals surface area contributed by atoms with E-state index in [0.29, 0.717) is 17.0 Å². The number of aryl methyl sites for hydroxylation is 1. The zero-order valence-corrected chi connectivity index (χ0v) is 15.8. The van der Waals surface area contributed by atoms with Crippen LogP contribution in [0.3, 0.4) is 0 Å². The van der Waals surface area contributed by atoms with Crippen molar-refractivity contribution in [3.8, 4) is 5.75 Å². The van der Waals surface area contributed by atoms with E-state index in [9.17, 15) is 4.79 Å². The Morgan fingerprint density at radius 1 is 1.11 bits per heavy atom. The number of carbonyl (C=O) groups is 1. The number of ether oxygens (including phenoxy) is 1. The fourth-order valence-electron chi connectivity index (χ4n) is 2.82. The van der Waals surface area contributed by atoms with Crippen LogP contribution in [0.4, 0.5) is 11.4 Å². The lowest BCUT2D eigenvalue weighted by atomic mass is 10.1. The van der Waals surface area contributed by atoms with Crippen molar-refractivity contribution in [2.75, 3.05) is 24.4 Å². The minimum atomic E-state index is -0.221. The molecular weight excluding hydrogens is 338 g/mol. The Hall–Kier alpha value is -3.34. The van der Waals surface area contributed by atoms with Crippen molar-refractivity contribution in [3.05, 3.63) is 83.7 Å². The Balaban J connectivity index is 1.77. The molecule has 0 aliphatic carbocycles. The van der Waals surface area contributed by atoms with Gasteiger partial charge in [0.15, 0.2) is 0 Å². The second-order valence-electron chi connectivity index (χ2n) is 6.43. The number of hydrogen-bond acceptors (Lipinski definition) is 4. The van der Waals surface area contributed by atoms with Crippen LogP contribution in [-0.4, -0.2) is 25.0 Å². The van der Waals surface area contributed by atoms with Crippen molar-refractivity contribution >= 4 is 17.3 Å². The molecular formula is C22H23N3O2. The van der Waals surface area contributed by atoms with E-state index in [1.165, 1.54) is 5.56 Å². The summed E-state index contributed by atoms with van der Waals surface area (Å²) >= 11 is 0. The Bertz CT molecular complexity index is 926. The van der Waals surface area contributed by atoms with Gasteiger partial charge >= 0.3 is 0 Å². The lowest BCUT2D eigenvalue weighted by Gasteiger charge is -2.19. The lowest BCUT2D eigenvalue weighted by Crippen LogP contribution is -2.18. The summed E-state index contributed by atoms with van der Waals surface area (Å²) in [6, 6.07) is 17.7. The minimum absolute atomic E-state index is 0.221. The summed E-state index contributed by atoms with van der Waals surface area (Å²) in [5.74, 6) is 0.403. The van der Waals surface area contributed by atoms with Crippen LogP contribution in [0.5, 0.6) is 5.75 Å². The molecule has 1 amide bonds. The number of hydrogen-bond donors (Lipinski definition) is 1. The molecule has 5 nitrogen and oxygen atoms in total. The average molecular weight is 361 g/mol. The van der Waals surface area contributed by atoms with Gasteiger partial charge in [-0.1, -0.05) is 36.4 Å². The summed E-state index contributed by atoms with van der Waals surface area (Å²) in [5.41, 5.74) is 4.25.